The second-order valence-electron chi connectivity index (χ2n) is 13.3. The highest BCUT2D eigenvalue weighted by Gasteiger charge is 2.35. The lowest BCUT2D eigenvalue weighted by molar-refractivity contribution is -0.137. The van der Waals surface area contributed by atoms with Gasteiger partial charge >= 0.3 is 12.4 Å². The molecule has 336 valence electrons. The van der Waals surface area contributed by atoms with Crippen LogP contribution in [0.1, 0.15) is 51.6 Å². The van der Waals surface area contributed by atoms with Crippen LogP contribution in [0.2, 0.25) is 0 Å². The van der Waals surface area contributed by atoms with E-state index >= 15 is 0 Å². The number of ether oxygens (including phenoxy) is 1. The first kappa shape index (κ1) is 46.6. The minimum absolute atomic E-state index is 0.00223. The van der Waals surface area contributed by atoms with Crippen molar-refractivity contribution in [3.63, 3.8) is 0 Å². The van der Waals surface area contributed by atoms with Crippen LogP contribution in [0, 0.1) is 6.92 Å². The molecule has 0 bridgehead atoms. The average Bonchev–Trinajstić information content (AvgIpc) is 3.93. The van der Waals surface area contributed by atoms with E-state index in [1.54, 1.807) is 19.1 Å². The van der Waals surface area contributed by atoms with Crippen molar-refractivity contribution < 1.29 is 50.9 Å². The summed E-state index contributed by atoms with van der Waals surface area (Å²) in [5.74, 6) is -1.26. The number of aliphatic hydroxyl groups excluding tert-OH is 2. The van der Waals surface area contributed by atoms with Crippen LogP contribution in [-0.2, 0) is 12.4 Å². The summed E-state index contributed by atoms with van der Waals surface area (Å²) in [6.07, 6.45) is -4.63. The molecule has 6 aromatic heterocycles. The lowest BCUT2D eigenvalue weighted by Crippen LogP contribution is -2.22. The minimum atomic E-state index is -4.59. The van der Waals surface area contributed by atoms with Crippen molar-refractivity contribution >= 4 is 34.7 Å². The molecule has 0 aliphatic rings. The minimum Gasteiger partial charge on any atom is -0.475 e. The number of anilines is 2. The standard InChI is InChI=1S/C22H19F3N6O4.C19H12F3N5O.C2H6/c1-12-8-19(35-11-13(33)10-32)28-21(27-12)29-20(34)17-9-26-18-7-6-16(30-31(17)18)14-4-2-3-5-15(14)22(23,24)25;20-19(21,22)14-4-2-1-3-13(14)15-5-6-17-24-11-16(27(17)26-15)18(28)25-12-7-9-23-10-8-12;1-2/h2-9,13,32-33H,10-11H2,1H3,(H,27,28,29,34);1-11H,(H,23,25,28);1-2H3. The fraction of sp³-hybridized carbons (Fsp3) is 0.186. The summed E-state index contributed by atoms with van der Waals surface area (Å²) in [6, 6.07) is 20.6. The van der Waals surface area contributed by atoms with Crippen molar-refractivity contribution in [1.29, 1.82) is 0 Å². The van der Waals surface area contributed by atoms with E-state index in [9.17, 15) is 41.0 Å². The Balaban J connectivity index is 0.000000212. The molecule has 0 saturated carbocycles. The van der Waals surface area contributed by atoms with Crippen LogP contribution in [0.4, 0.5) is 38.0 Å². The molecule has 0 spiro atoms. The van der Waals surface area contributed by atoms with Gasteiger partial charge in [0.05, 0.1) is 41.5 Å². The van der Waals surface area contributed by atoms with Gasteiger partial charge in [-0.25, -0.2) is 24.0 Å². The maximum absolute atomic E-state index is 13.5. The molecule has 22 heteroatoms. The van der Waals surface area contributed by atoms with Crippen LogP contribution in [0.5, 0.6) is 5.88 Å². The Kier molecular flexibility index (Phi) is 14.4. The first-order valence-corrected chi connectivity index (χ1v) is 19.4. The predicted octanol–water partition coefficient (Wildman–Crippen LogP) is 7.59. The van der Waals surface area contributed by atoms with E-state index in [-0.39, 0.29) is 58.0 Å². The van der Waals surface area contributed by atoms with E-state index in [0.717, 1.165) is 16.6 Å². The largest absolute Gasteiger partial charge is 0.475 e. The number of halogens is 6. The summed E-state index contributed by atoms with van der Waals surface area (Å²) < 4.78 is 88.0. The monoisotopic (exact) mass is 901 g/mol. The zero-order chi connectivity index (χ0) is 46.9. The molecule has 16 nitrogen and oxygen atoms in total. The zero-order valence-corrected chi connectivity index (χ0v) is 34.4. The summed E-state index contributed by atoms with van der Waals surface area (Å²) in [6.45, 7) is 4.91. The first-order chi connectivity index (χ1) is 31.1. The Labute approximate surface area is 364 Å². The average molecular weight is 902 g/mol. The number of hydrogen-bond acceptors (Lipinski definition) is 12. The number of hydrogen-bond donors (Lipinski definition) is 4. The quantitative estimate of drug-likeness (QED) is 0.0980. The Morgan fingerprint density at radius 3 is 1.69 bits per heavy atom. The summed E-state index contributed by atoms with van der Waals surface area (Å²) >= 11 is 0. The first-order valence-electron chi connectivity index (χ1n) is 19.4. The van der Waals surface area contributed by atoms with Crippen molar-refractivity contribution in [2.24, 2.45) is 0 Å². The highest BCUT2D eigenvalue weighted by Crippen LogP contribution is 2.37. The van der Waals surface area contributed by atoms with Crippen molar-refractivity contribution in [2.45, 2.75) is 39.2 Å². The molecule has 8 rings (SSSR count). The fourth-order valence-electron chi connectivity index (χ4n) is 5.95. The van der Waals surface area contributed by atoms with Gasteiger partial charge in [0.1, 0.15) is 12.7 Å². The Morgan fingerprint density at radius 1 is 0.708 bits per heavy atom. The number of imidazole rings is 2. The van der Waals surface area contributed by atoms with Gasteiger partial charge in [0, 0.05) is 41.0 Å². The van der Waals surface area contributed by atoms with Gasteiger partial charge in [0.25, 0.3) is 11.8 Å². The van der Waals surface area contributed by atoms with Crippen LogP contribution < -0.4 is 15.4 Å². The summed E-state index contributed by atoms with van der Waals surface area (Å²) in [7, 11) is 0. The Bertz CT molecular complexity index is 2930. The van der Waals surface area contributed by atoms with Gasteiger partial charge in [-0.1, -0.05) is 50.2 Å². The van der Waals surface area contributed by atoms with Crippen LogP contribution in [0.15, 0.2) is 116 Å². The SMILES string of the molecule is CC.Cc1cc(OCC(O)CO)nc(NC(=O)c2cnc3ccc(-c4ccccc4C(F)(F)F)nn23)n1.O=C(Nc1ccncc1)c1cnc2ccc(-c3ccccc3C(F)(F)F)nn12. The molecule has 1 unspecified atom stereocenters. The van der Waals surface area contributed by atoms with Crippen molar-refractivity contribution in [3.05, 3.63) is 144 Å². The van der Waals surface area contributed by atoms with Gasteiger partial charge in [-0.15, -0.1) is 0 Å². The number of aryl methyl sites for hydroxylation is 1. The number of aromatic nitrogens is 9. The number of nitrogens with zero attached hydrogens (tertiary/aromatic N) is 9. The molecule has 1 atom stereocenters. The van der Waals surface area contributed by atoms with Crippen molar-refractivity contribution in [2.75, 3.05) is 23.8 Å². The molecule has 2 amide bonds. The van der Waals surface area contributed by atoms with E-state index in [1.807, 2.05) is 13.8 Å². The lowest BCUT2D eigenvalue weighted by atomic mass is 10.0. The number of amides is 2. The van der Waals surface area contributed by atoms with Gasteiger partial charge in [-0.2, -0.15) is 41.5 Å². The predicted molar refractivity (Wildman–Crippen MR) is 224 cm³/mol. The van der Waals surface area contributed by atoms with Crippen LogP contribution in [0.25, 0.3) is 33.8 Å². The molecule has 0 fully saturated rings. The van der Waals surface area contributed by atoms with Crippen LogP contribution in [-0.4, -0.2) is 85.5 Å². The number of alkyl halides is 6. The van der Waals surface area contributed by atoms with Gasteiger partial charge in [-0.3, -0.25) is 19.9 Å². The second kappa shape index (κ2) is 20.1. The topological polar surface area (TPSA) is 207 Å². The van der Waals surface area contributed by atoms with Crippen LogP contribution >= 0.6 is 0 Å². The molecule has 4 N–H and O–H groups in total. The summed E-state index contributed by atoms with van der Waals surface area (Å²) in [5, 5.41) is 31.9. The molecule has 0 aliphatic carbocycles. The Hall–Kier alpha value is -7.85. The molecular formula is C43H37F6N11O5. The molecule has 0 radical (unpaired) electrons. The lowest BCUT2D eigenvalue weighted by Gasteiger charge is -2.12. The smallest absolute Gasteiger partial charge is 0.417 e. The number of nitrogens with one attached hydrogen (secondary N) is 2. The van der Waals surface area contributed by atoms with Crippen LogP contribution in [0.3, 0.4) is 0 Å². The molecule has 65 heavy (non-hydrogen) atoms. The van der Waals surface area contributed by atoms with Gasteiger partial charge in [0.15, 0.2) is 22.7 Å². The molecular weight excluding hydrogens is 865 g/mol. The third kappa shape index (κ3) is 11.2. The second-order valence-corrected chi connectivity index (χ2v) is 13.3. The molecule has 0 saturated heterocycles. The highest BCUT2D eigenvalue weighted by atomic mass is 19.4. The van der Waals surface area contributed by atoms with Gasteiger partial charge in [0.2, 0.25) is 11.8 Å². The fourth-order valence-corrected chi connectivity index (χ4v) is 5.95. The summed E-state index contributed by atoms with van der Waals surface area (Å²) in [4.78, 5) is 45.6. The van der Waals surface area contributed by atoms with E-state index in [1.165, 1.54) is 96.0 Å². The maximum Gasteiger partial charge on any atom is 0.417 e. The number of aliphatic hydroxyl groups is 2. The Morgan fingerprint density at radius 2 is 1.20 bits per heavy atom. The molecule has 6 heterocycles. The zero-order valence-electron chi connectivity index (χ0n) is 34.4. The maximum atomic E-state index is 13.5. The van der Waals surface area contributed by atoms with E-state index < -0.39 is 48.0 Å². The van der Waals surface area contributed by atoms with E-state index in [0.29, 0.717) is 17.0 Å². The number of rotatable bonds is 10. The number of benzene rings is 2. The molecule has 8 aromatic rings. The number of carbonyl (C=O) groups is 2. The molecule has 2 aromatic carbocycles. The van der Waals surface area contributed by atoms with Crippen molar-refractivity contribution in [3.8, 4) is 28.4 Å². The third-order valence-electron chi connectivity index (χ3n) is 8.84. The van der Waals surface area contributed by atoms with Crippen molar-refractivity contribution in [1.82, 2.24) is 44.1 Å². The van der Waals surface area contributed by atoms with E-state index in [4.69, 9.17) is 9.84 Å². The van der Waals surface area contributed by atoms with Gasteiger partial charge < -0.3 is 20.3 Å². The number of carbonyl (C=O) groups excluding carboxylic acids is 2. The highest BCUT2D eigenvalue weighted by molar-refractivity contribution is 6.03. The number of fused-ring (bicyclic) bond motifs is 2. The third-order valence-corrected chi connectivity index (χ3v) is 8.84. The normalized spacial score (nSPS) is 11.8. The van der Waals surface area contributed by atoms with E-state index in [2.05, 4.69) is 45.8 Å². The molecule has 0 aliphatic heterocycles. The number of pyridine rings is 1. The summed E-state index contributed by atoms with van der Waals surface area (Å²) in [5.41, 5.74) is -0.202. The van der Waals surface area contributed by atoms with Gasteiger partial charge in [-0.05, 0) is 55.5 Å².